The van der Waals surface area contributed by atoms with E-state index in [9.17, 15) is 0 Å². The second-order valence-corrected chi connectivity index (χ2v) is 3.45. The van der Waals surface area contributed by atoms with E-state index in [0.29, 0.717) is 0 Å². The normalized spacial score (nSPS) is 20.2. The third-order valence-corrected chi connectivity index (χ3v) is 2.27. The van der Waals surface area contributed by atoms with Crippen molar-refractivity contribution in [1.29, 1.82) is 0 Å². The Hall–Kier alpha value is -0.180. The van der Waals surface area contributed by atoms with Gasteiger partial charge in [-0.1, -0.05) is 5.16 Å². The summed E-state index contributed by atoms with van der Waals surface area (Å²) in [7, 11) is 0. The molecule has 0 aromatic rings. The smallest absolute Gasteiger partial charge is 0.0656 e. The first-order chi connectivity index (χ1) is 5.88. The molecule has 3 heteroatoms. The molecule has 1 aliphatic carbocycles. The summed E-state index contributed by atoms with van der Waals surface area (Å²) in [6.07, 6.45) is 10.7. The number of hydrogen-bond acceptors (Lipinski definition) is 3. The number of nitrogens with zero attached hydrogens (tertiary/aromatic N) is 1. The zero-order chi connectivity index (χ0) is 8.81. The third-order valence-electron chi connectivity index (χ3n) is 1.66. The van der Waals surface area contributed by atoms with Gasteiger partial charge in [0.2, 0.25) is 0 Å². The van der Waals surface area contributed by atoms with E-state index >= 15 is 0 Å². The van der Waals surface area contributed by atoms with Crippen molar-refractivity contribution in [3.8, 4) is 0 Å². The predicted molar refractivity (Wildman–Crippen MR) is 52.7 cm³/mol. The highest BCUT2D eigenvalue weighted by molar-refractivity contribution is 7.98. The number of oxime groups is 1. The van der Waals surface area contributed by atoms with E-state index in [1.165, 1.54) is 0 Å². The number of thioether (sulfide) groups is 1. The molecule has 0 heterocycles. The summed E-state index contributed by atoms with van der Waals surface area (Å²) in [5, 5.41) is 12.0. The summed E-state index contributed by atoms with van der Waals surface area (Å²) in [4.78, 5) is 0. The van der Waals surface area contributed by atoms with Crippen LogP contribution in [0.25, 0.3) is 0 Å². The highest BCUT2D eigenvalue weighted by Crippen LogP contribution is 2.25. The van der Waals surface area contributed by atoms with E-state index in [4.69, 9.17) is 5.21 Å². The molecule has 65 valence electrons. The van der Waals surface area contributed by atoms with Crippen LogP contribution in [0.4, 0.5) is 0 Å². The first-order valence-electron chi connectivity index (χ1n) is 3.80. The van der Waals surface area contributed by atoms with Gasteiger partial charge in [-0.15, -0.1) is 0 Å². The Morgan fingerprint density at radius 3 is 2.67 bits per heavy atom. The van der Waals surface area contributed by atoms with E-state index in [0.717, 1.165) is 23.8 Å². The van der Waals surface area contributed by atoms with Crippen molar-refractivity contribution in [3.63, 3.8) is 0 Å². The van der Waals surface area contributed by atoms with Gasteiger partial charge in [0.1, 0.15) is 0 Å². The monoisotopic (exact) mass is 182 g/mol. The van der Waals surface area contributed by atoms with E-state index in [1.807, 2.05) is 31.9 Å². The van der Waals surface area contributed by atoms with Crippen LogP contribution >= 0.6 is 11.8 Å². The number of hydrogen-bond donors (Lipinski definition) is 1. The molecule has 1 fully saturated rings. The Morgan fingerprint density at radius 2 is 2.17 bits per heavy atom. The van der Waals surface area contributed by atoms with E-state index < -0.39 is 0 Å². The van der Waals surface area contributed by atoms with Gasteiger partial charge in [-0.25, -0.2) is 0 Å². The van der Waals surface area contributed by atoms with Crippen molar-refractivity contribution in [3.05, 3.63) is 31.6 Å². The molecule has 5 radical (unpaired) electrons. The zero-order valence-corrected chi connectivity index (χ0v) is 7.84. The summed E-state index contributed by atoms with van der Waals surface area (Å²) in [5.41, 5.74) is 0.773. The van der Waals surface area contributed by atoms with Gasteiger partial charge in [-0.3, -0.25) is 0 Å². The van der Waals surface area contributed by atoms with Gasteiger partial charge in [-0.05, 0) is 44.1 Å². The van der Waals surface area contributed by atoms with Crippen LogP contribution < -0.4 is 0 Å². The highest BCUT2D eigenvalue weighted by atomic mass is 32.2. The van der Waals surface area contributed by atoms with Gasteiger partial charge in [0, 0.05) is 5.92 Å². The van der Waals surface area contributed by atoms with Crippen molar-refractivity contribution in [2.75, 3.05) is 12.0 Å². The van der Waals surface area contributed by atoms with Crippen molar-refractivity contribution < 1.29 is 5.21 Å². The van der Waals surface area contributed by atoms with Crippen LogP contribution in [0, 0.1) is 31.6 Å². The molecule has 12 heavy (non-hydrogen) atoms. The van der Waals surface area contributed by atoms with Crippen LogP contribution in [0.5, 0.6) is 0 Å². The third kappa shape index (κ3) is 2.70. The summed E-state index contributed by atoms with van der Waals surface area (Å²) >= 11 is 1.75. The lowest BCUT2D eigenvalue weighted by molar-refractivity contribution is 0.317. The predicted octanol–water partition coefficient (Wildman–Crippen LogP) is 1.97. The van der Waals surface area contributed by atoms with Crippen molar-refractivity contribution in [2.45, 2.75) is 6.42 Å². The maximum atomic E-state index is 8.70. The van der Waals surface area contributed by atoms with Crippen molar-refractivity contribution in [2.24, 2.45) is 5.16 Å². The minimum atomic E-state index is 0.773. The molecule has 1 aliphatic rings. The minimum Gasteiger partial charge on any atom is -0.411 e. The summed E-state index contributed by atoms with van der Waals surface area (Å²) in [6.45, 7) is 0. The maximum Gasteiger partial charge on any atom is 0.0656 e. The van der Waals surface area contributed by atoms with Gasteiger partial charge in [0.15, 0.2) is 0 Å². The largest absolute Gasteiger partial charge is 0.411 e. The van der Waals surface area contributed by atoms with Gasteiger partial charge >= 0.3 is 0 Å². The molecule has 0 bridgehead atoms. The van der Waals surface area contributed by atoms with Gasteiger partial charge in [-0.2, -0.15) is 11.8 Å². The van der Waals surface area contributed by atoms with Crippen molar-refractivity contribution >= 4 is 17.5 Å². The molecule has 1 N–H and O–H groups in total. The maximum absolute atomic E-state index is 8.70. The van der Waals surface area contributed by atoms with Crippen LogP contribution in [0.2, 0.25) is 0 Å². The minimum absolute atomic E-state index is 0.773. The Kier molecular flexibility index (Phi) is 4.51. The molecule has 2 nitrogen and oxygen atoms in total. The molecule has 1 rings (SSSR count). The molecule has 0 spiro atoms. The zero-order valence-electron chi connectivity index (χ0n) is 7.03. The lowest BCUT2D eigenvalue weighted by Gasteiger charge is -2.08. The molecule has 0 saturated heterocycles. The summed E-state index contributed by atoms with van der Waals surface area (Å²) in [6, 6.07) is 0. The molecule has 1 saturated carbocycles. The van der Waals surface area contributed by atoms with E-state index in [2.05, 4.69) is 5.16 Å². The molecule has 0 atom stereocenters. The molecule has 0 aromatic heterocycles. The topological polar surface area (TPSA) is 32.6 Å². The molecule has 0 unspecified atom stereocenters. The Morgan fingerprint density at radius 1 is 1.50 bits per heavy atom. The first-order valence-corrected chi connectivity index (χ1v) is 5.20. The van der Waals surface area contributed by atoms with Gasteiger partial charge in [0.25, 0.3) is 0 Å². The quantitative estimate of drug-likeness (QED) is 0.409. The molecule has 0 aliphatic heterocycles. The average Bonchev–Trinajstić information content (AvgIpc) is 2.59. The van der Waals surface area contributed by atoms with Crippen LogP contribution in [-0.2, 0) is 0 Å². The van der Waals surface area contributed by atoms with Crippen LogP contribution in [0.1, 0.15) is 6.42 Å². The van der Waals surface area contributed by atoms with Gasteiger partial charge < -0.3 is 5.21 Å². The van der Waals surface area contributed by atoms with Crippen LogP contribution in [0.15, 0.2) is 5.16 Å². The van der Waals surface area contributed by atoms with Crippen LogP contribution in [-0.4, -0.2) is 22.9 Å². The lowest BCUT2D eigenvalue weighted by atomic mass is 10.00. The number of rotatable bonds is 4. The SMILES string of the molecule is CSCC/C(=N/O)[C]1[CH][CH][CH][CH]1. The fourth-order valence-corrected chi connectivity index (χ4v) is 1.41. The lowest BCUT2D eigenvalue weighted by Crippen LogP contribution is -2.10. The standard InChI is InChI=1S/C9H12NOS/c1-12-7-6-9(10-11)8-4-2-3-5-8/h2-5,11H,6-7H2,1H3/b10-9-. The molecular weight excluding hydrogens is 170 g/mol. The fourth-order valence-electron chi connectivity index (χ4n) is 1.02. The van der Waals surface area contributed by atoms with E-state index in [-0.39, 0.29) is 0 Å². The highest BCUT2D eigenvalue weighted by Gasteiger charge is 2.22. The second-order valence-electron chi connectivity index (χ2n) is 2.46. The van der Waals surface area contributed by atoms with E-state index in [1.54, 1.807) is 11.8 Å². The summed E-state index contributed by atoms with van der Waals surface area (Å²) in [5.74, 6) is 2.01. The Labute approximate surface area is 78.4 Å². The molecular formula is C9H12NOS. The molecule has 0 amide bonds. The Balaban J connectivity index is 2.33. The fraction of sp³-hybridized carbons (Fsp3) is 0.333. The molecule has 0 aromatic carbocycles. The summed E-state index contributed by atoms with van der Waals surface area (Å²) < 4.78 is 0. The van der Waals surface area contributed by atoms with Crippen LogP contribution in [0.3, 0.4) is 0 Å². The average molecular weight is 182 g/mol. The van der Waals surface area contributed by atoms with Crippen molar-refractivity contribution in [1.82, 2.24) is 0 Å². The second kappa shape index (κ2) is 5.46. The Bertz CT molecular complexity index is 153. The first kappa shape index (κ1) is 9.90. The van der Waals surface area contributed by atoms with Gasteiger partial charge in [0.05, 0.1) is 5.71 Å².